The molecule has 0 amide bonds. The molecule has 3 heterocycles. The summed E-state index contributed by atoms with van der Waals surface area (Å²) in [4.78, 5) is 17.9. The van der Waals surface area contributed by atoms with Gasteiger partial charge in [0.05, 0.1) is 5.69 Å². The molecule has 1 aliphatic rings. The molecular formula is C16H13FN4O2S. The lowest BCUT2D eigenvalue weighted by Crippen LogP contribution is -2.30. The SMILES string of the molecule is O=C(O)c1n[nH]c2c1CN(c1nc(-c3ccc(F)cc3)cs1)CC2. The van der Waals surface area contributed by atoms with Crippen molar-refractivity contribution in [2.45, 2.75) is 13.0 Å². The first kappa shape index (κ1) is 14.8. The maximum Gasteiger partial charge on any atom is 0.356 e. The summed E-state index contributed by atoms with van der Waals surface area (Å²) < 4.78 is 13.0. The zero-order chi connectivity index (χ0) is 16.7. The number of thiazole rings is 1. The van der Waals surface area contributed by atoms with Gasteiger partial charge in [-0.1, -0.05) is 0 Å². The molecule has 8 heteroatoms. The second-order valence-electron chi connectivity index (χ2n) is 5.53. The van der Waals surface area contributed by atoms with Crippen molar-refractivity contribution < 1.29 is 14.3 Å². The Balaban J connectivity index is 1.60. The Bertz CT molecular complexity index is 903. The Kier molecular flexibility index (Phi) is 3.53. The minimum absolute atomic E-state index is 0.0741. The Hall–Kier alpha value is -2.74. The molecule has 1 aromatic carbocycles. The molecule has 4 rings (SSSR count). The molecule has 122 valence electrons. The zero-order valence-electron chi connectivity index (χ0n) is 12.5. The molecule has 0 unspecified atom stereocenters. The topological polar surface area (TPSA) is 82.1 Å². The third kappa shape index (κ3) is 2.54. The van der Waals surface area contributed by atoms with E-state index in [1.807, 2.05) is 10.3 Å². The van der Waals surface area contributed by atoms with Crippen molar-refractivity contribution in [2.75, 3.05) is 11.4 Å². The van der Waals surface area contributed by atoms with Gasteiger partial charge in [0.1, 0.15) is 5.82 Å². The molecule has 0 saturated carbocycles. The van der Waals surface area contributed by atoms with Gasteiger partial charge in [-0.25, -0.2) is 14.2 Å². The normalized spacial score (nSPS) is 13.8. The van der Waals surface area contributed by atoms with Crippen LogP contribution in [0.15, 0.2) is 29.6 Å². The molecular weight excluding hydrogens is 331 g/mol. The van der Waals surface area contributed by atoms with Crippen LogP contribution in [0.4, 0.5) is 9.52 Å². The van der Waals surface area contributed by atoms with Crippen molar-refractivity contribution in [3.8, 4) is 11.3 Å². The van der Waals surface area contributed by atoms with Crippen LogP contribution in [0, 0.1) is 5.82 Å². The number of H-pyrrole nitrogens is 1. The number of aromatic carboxylic acids is 1. The maximum atomic E-state index is 13.0. The molecule has 0 radical (unpaired) electrons. The number of aromatic amines is 1. The van der Waals surface area contributed by atoms with Gasteiger partial charge in [-0.15, -0.1) is 11.3 Å². The number of hydrogen-bond acceptors (Lipinski definition) is 5. The van der Waals surface area contributed by atoms with Gasteiger partial charge in [0.15, 0.2) is 10.8 Å². The summed E-state index contributed by atoms with van der Waals surface area (Å²) >= 11 is 1.49. The van der Waals surface area contributed by atoms with E-state index in [4.69, 9.17) is 0 Å². The number of fused-ring (bicyclic) bond motifs is 1. The number of halogens is 1. The number of carboxylic acids is 1. The number of carboxylic acid groups (broad SMARTS) is 1. The van der Waals surface area contributed by atoms with Crippen LogP contribution in [0.1, 0.15) is 21.7 Å². The number of hydrogen-bond donors (Lipinski definition) is 2. The fraction of sp³-hybridized carbons (Fsp3) is 0.188. The lowest BCUT2D eigenvalue weighted by atomic mass is 10.1. The number of aromatic nitrogens is 3. The van der Waals surface area contributed by atoms with Crippen LogP contribution in [0.2, 0.25) is 0 Å². The Morgan fingerprint density at radius 2 is 2.12 bits per heavy atom. The number of benzene rings is 1. The molecule has 2 N–H and O–H groups in total. The van der Waals surface area contributed by atoms with E-state index in [0.717, 1.165) is 28.6 Å². The zero-order valence-corrected chi connectivity index (χ0v) is 13.3. The van der Waals surface area contributed by atoms with E-state index >= 15 is 0 Å². The molecule has 2 aromatic heterocycles. The number of rotatable bonds is 3. The van der Waals surface area contributed by atoms with Crippen LogP contribution in [0.3, 0.4) is 0 Å². The van der Waals surface area contributed by atoms with E-state index in [2.05, 4.69) is 15.2 Å². The highest BCUT2D eigenvalue weighted by atomic mass is 32.1. The van der Waals surface area contributed by atoms with Crippen molar-refractivity contribution in [1.29, 1.82) is 0 Å². The van der Waals surface area contributed by atoms with Crippen molar-refractivity contribution in [3.05, 3.63) is 52.4 Å². The van der Waals surface area contributed by atoms with Crippen LogP contribution in [-0.4, -0.2) is 32.8 Å². The van der Waals surface area contributed by atoms with Gasteiger partial charge in [-0.2, -0.15) is 5.10 Å². The molecule has 6 nitrogen and oxygen atoms in total. The largest absolute Gasteiger partial charge is 0.476 e. The van der Waals surface area contributed by atoms with E-state index in [0.29, 0.717) is 18.5 Å². The van der Waals surface area contributed by atoms with E-state index < -0.39 is 5.97 Å². The van der Waals surface area contributed by atoms with E-state index in [-0.39, 0.29) is 11.5 Å². The third-order valence-corrected chi connectivity index (χ3v) is 4.94. The average Bonchev–Trinajstić information content (AvgIpc) is 3.22. The second kappa shape index (κ2) is 5.72. The van der Waals surface area contributed by atoms with E-state index in [1.165, 1.54) is 23.5 Å². The van der Waals surface area contributed by atoms with E-state index in [1.54, 1.807) is 12.1 Å². The third-order valence-electron chi connectivity index (χ3n) is 4.04. The van der Waals surface area contributed by atoms with Crippen molar-refractivity contribution >= 4 is 22.4 Å². The number of nitrogens with one attached hydrogen (secondary N) is 1. The molecule has 0 atom stereocenters. The van der Waals surface area contributed by atoms with Crippen molar-refractivity contribution in [2.24, 2.45) is 0 Å². The lowest BCUT2D eigenvalue weighted by molar-refractivity contribution is 0.0689. The van der Waals surface area contributed by atoms with Gasteiger partial charge in [-0.3, -0.25) is 5.10 Å². The van der Waals surface area contributed by atoms with Gasteiger partial charge in [0, 0.05) is 41.7 Å². The summed E-state index contributed by atoms with van der Waals surface area (Å²) in [6, 6.07) is 6.21. The van der Waals surface area contributed by atoms with E-state index in [9.17, 15) is 14.3 Å². The van der Waals surface area contributed by atoms with Gasteiger partial charge in [-0.05, 0) is 24.3 Å². The second-order valence-corrected chi connectivity index (χ2v) is 6.36. The summed E-state index contributed by atoms with van der Waals surface area (Å²) in [5, 5.41) is 18.6. The summed E-state index contributed by atoms with van der Waals surface area (Å²) in [5.41, 5.74) is 3.30. The first-order valence-corrected chi connectivity index (χ1v) is 8.25. The number of carbonyl (C=O) groups is 1. The highest BCUT2D eigenvalue weighted by Crippen LogP contribution is 2.31. The minimum atomic E-state index is -1.03. The van der Waals surface area contributed by atoms with Crippen LogP contribution in [0.5, 0.6) is 0 Å². The first-order chi connectivity index (χ1) is 11.6. The molecule has 0 aliphatic carbocycles. The van der Waals surface area contributed by atoms with Crippen LogP contribution in [0.25, 0.3) is 11.3 Å². The highest BCUT2D eigenvalue weighted by molar-refractivity contribution is 7.14. The quantitative estimate of drug-likeness (QED) is 0.763. The van der Waals surface area contributed by atoms with Gasteiger partial charge in [0.25, 0.3) is 0 Å². The predicted molar refractivity (Wildman–Crippen MR) is 87.8 cm³/mol. The summed E-state index contributed by atoms with van der Waals surface area (Å²) in [6.07, 6.45) is 0.696. The monoisotopic (exact) mass is 344 g/mol. The lowest BCUT2D eigenvalue weighted by Gasteiger charge is -2.26. The molecule has 3 aromatic rings. The van der Waals surface area contributed by atoms with Crippen molar-refractivity contribution in [1.82, 2.24) is 15.2 Å². The average molecular weight is 344 g/mol. The van der Waals surface area contributed by atoms with Gasteiger partial charge >= 0.3 is 5.97 Å². The van der Waals surface area contributed by atoms with Crippen LogP contribution < -0.4 is 4.90 Å². The summed E-state index contributed by atoms with van der Waals surface area (Å²) in [7, 11) is 0. The number of nitrogens with zero attached hydrogens (tertiary/aromatic N) is 3. The summed E-state index contributed by atoms with van der Waals surface area (Å²) in [5.74, 6) is -1.31. The fourth-order valence-corrected chi connectivity index (χ4v) is 3.66. The van der Waals surface area contributed by atoms with Gasteiger partial charge in [0.2, 0.25) is 0 Å². The number of anilines is 1. The van der Waals surface area contributed by atoms with Crippen LogP contribution in [-0.2, 0) is 13.0 Å². The summed E-state index contributed by atoms with van der Waals surface area (Å²) in [6.45, 7) is 1.20. The van der Waals surface area contributed by atoms with Crippen LogP contribution >= 0.6 is 11.3 Å². The Morgan fingerprint density at radius 3 is 2.88 bits per heavy atom. The fourth-order valence-electron chi connectivity index (χ4n) is 2.80. The Labute approximate surface area is 140 Å². The molecule has 24 heavy (non-hydrogen) atoms. The molecule has 0 saturated heterocycles. The van der Waals surface area contributed by atoms with Crippen molar-refractivity contribution in [3.63, 3.8) is 0 Å². The molecule has 0 spiro atoms. The molecule has 0 bridgehead atoms. The first-order valence-electron chi connectivity index (χ1n) is 7.37. The minimum Gasteiger partial charge on any atom is -0.476 e. The standard InChI is InChI=1S/C16H13FN4O2S/c17-10-3-1-9(2-4-10)13-8-24-16(18-13)21-6-5-12-11(7-21)14(15(22)23)20-19-12/h1-4,8H,5-7H2,(H,19,20)(H,22,23). The highest BCUT2D eigenvalue weighted by Gasteiger charge is 2.26. The smallest absolute Gasteiger partial charge is 0.356 e. The van der Waals surface area contributed by atoms with Gasteiger partial charge < -0.3 is 10.0 Å². The molecule has 0 fully saturated rings. The predicted octanol–water partition coefficient (Wildman–Crippen LogP) is 2.93. The molecule has 1 aliphatic heterocycles. The Morgan fingerprint density at radius 1 is 1.33 bits per heavy atom. The maximum absolute atomic E-state index is 13.0.